The van der Waals surface area contributed by atoms with Crippen molar-refractivity contribution in [2.45, 2.75) is 13.3 Å². The lowest BCUT2D eigenvalue weighted by molar-refractivity contribution is -0.142. The molecule has 1 aromatic carbocycles. The molecule has 10 heteroatoms. The molecule has 0 aliphatic rings. The molecule has 0 bridgehead atoms. The van der Waals surface area contributed by atoms with Crippen molar-refractivity contribution in [1.29, 1.82) is 0 Å². The van der Waals surface area contributed by atoms with Crippen molar-refractivity contribution < 1.29 is 18.6 Å². The lowest BCUT2D eigenvalue weighted by Crippen LogP contribution is -2.17. The van der Waals surface area contributed by atoms with Gasteiger partial charge in [0.25, 0.3) is 0 Å². The molecule has 0 fully saturated rings. The molecule has 0 saturated carbocycles. The van der Waals surface area contributed by atoms with Gasteiger partial charge in [-0.1, -0.05) is 18.5 Å². The summed E-state index contributed by atoms with van der Waals surface area (Å²) in [5.74, 6) is -0.846. The molecule has 0 aliphatic carbocycles. The van der Waals surface area contributed by atoms with E-state index >= 15 is 0 Å². The highest BCUT2D eigenvalue weighted by molar-refractivity contribution is 6.31. The van der Waals surface area contributed by atoms with E-state index in [0.29, 0.717) is 5.69 Å². The van der Waals surface area contributed by atoms with E-state index < -0.39 is 11.8 Å². The minimum Gasteiger partial charge on any atom is -0.442 e. The van der Waals surface area contributed by atoms with Crippen LogP contribution in [0.25, 0.3) is 0 Å². The highest BCUT2D eigenvalue weighted by atomic mass is 35.5. The largest absolute Gasteiger partial charge is 0.442 e. The quantitative estimate of drug-likeness (QED) is 0.486. The molecule has 2 aromatic rings. The minimum atomic E-state index is -0.560. The Morgan fingerprint density at radius 2 is 2.30 bits per heavy atom. The highest BCUT2D eigenvalue weighted by Gasteiger charge is 2.15. The van der Waals surface area contributed by atoms with E-state index in [-0.39, 0.29) is 35.5 Å². The number of hydrogen-bond acceptors (Lipinski definition) is 7. The number of amidine groups is 1. The van der Waals surface area contributed by atoms with Crippen molar-refractivity contribution in [3.8, 4) is 0 Å². The Labute approximate surface area is 135 Å². The number of nitrogen functional groups attached to an aromatic ring is 1. The number of halogens is 2. The molecule has 23 heavy (non-hydrogen) atoms. The van der Waals surface area contributed by atoms with Crippen LogP contribution in [0.4, 0.5) is 15.9 Å². The number of anilines is 2. The van der Waals surface area contributed by atoms with Gasteiger partial charge in [0.15, 0.2) is 24.1 Å². The fraction of sp³-hybridized carbons (Fsp3) is 0.231. The number of carbonyl (C=O) groups is 1. The fourth-order valence-electron chi connectivity index (χ4n) is 1.51. The topological polar surface area (TPSA) is 116 Å². The Morgan fingerprint density at radius 3 is 2.91 bits per heavy atom. The van der Waals surface area contributed by atoms with Crippen molar-refractivity contribution in [1.82, 2.24) is 10.3 Å². The summed E-state index contributed by atoms with van der Waals surface area (Å²) in [5.41, 5.74) is 6.18. The van der Waals surface area contributed by atoms with Gasteiger partial charge in [0.2, 0.25) is 0 Å². The summed E-state index contributed by atoms with van der Waals surface area (Å²) in [4.78, 5) is 15.2. The smallest absolute Gasteiger partial charge is 0.307 e. The Bertz CT molecular complexity index is 734. The zero-order valence-corrected chi connectivity index (χ0v) is 12.8. The molecule has 0 aliphatic heterocycles. The molecule has 0 radical (unpaired) electrons. The third kappa shape index (κ3) is 4.39. The predicted octanol–water partition coefficient (Wildman–Crippen LogP) is 2.21. The average molecular weight is 342 g/mol. The van der Waals surface area contributed by atoms with Gasteiger partial charge in [-0.3, -0.25) is 4.79 Å². The monoisotopic (exact) mass is 341 g/mol. The van der Waals surface area contributed by atoms with Crippen molar-refractivity contribution in [2.75, 3.05) is 17.8 Å². The number of carbonyl (C=O) groups excluding carboxylic acids is 1. The molecule has 0 amide bonds. The number of nitrogens with one attached hydrogen (secondary N) is 1. The number of esters is 1. The summed E-state index contributed by atoms with van der Waals surface area (Å²) in [6.07, 6.45) is 0.222. The molecular weight excluding hydrogens is 329 g/mol. The van der Waals surface area contributed by atoms with Gasteiger partial charge in [-0.05, 0) is 28.5 Å². The van der Waals surface area contributed by atoms with Crippen LogP contribution in [-0.4, -0.2) is 28.8 Å². The van der Waals surface area contributed by atoms with Gasteiger partial charge in [-0.15, -0.1) is 0 Å². The normalized spacial score (nSPS) is 11.3. The van der Waals surface area contributed by atoms with Crippen LogP contribution in [0.1, 0.15) is 19.0 Å². The summed E-state index contributed by atoms with van der Waals surface area (Å²) < 4.78 is 22.6. The van der Waals surface area contributed by atoms with E-state index in [4.69, 9.17) is 22.1 Å². The Morgan fingerprint density at radius 1 is 1.52 bits per heavy atom. The molecule has 1 heterocycles. The molecule has 0 unspecified atom stereocenters. The number of nitrogens with zero attached hydrogens (tertiary/aromatic N) is 3. The summed E-state index contributed by atoms with van der Waals surface area (Å²) in [5, 5.41) is 9.84. The van der Waals surface area contributed by atoms with Crippen molar-refractivity contribution in [3.63, 3.8) is 0 Å². The van der Waals surface area contributed by atoms with E-state index in [1.165, 1.54) is 18.2 Å². The number of nitrogens with two attached hydrogens (primary N) is 1. The molecule has 8 nitrogen and oxygen atoms in total. The van der Waals surface area contributed by atoms with Gasteiger partial charge in [0.1, 0.15) is 5.82 Å². The van der Waals surface area contributed by atoms with Crippen LogP contribution in [0.3, 0.4) is 0 Å². The Kier molecular flexibility index (Phi) is 5.47. The van der Waals surface area contributed by atoms with Gasteiger partial charge in [0, 0.05) is 12.1 Å². The van der Waals surface area contributed by atoms with Crippen LogP contribution >= 0.6 is 11.6 Å². The number of aliphatic imine (C=N–C) groups is 1. The maximum atomic E-state index is 13.2. The summed E-state index contributed by atoms with van der Waals surface area (Å²) in [7, 11) is 0. The van der Waals surface area contributed by atoms with Crippen LogP contribution in [0.5, 0.6) is 0 Å². The first-order valence-corrected chi connectivity index (χ1v) is 6.89. The lowest BCUT2D eigenvalue weighted by Gasteiger charge is -2.09. The maximum absolute atomic E-state index is 13.2. The minimum absolute atomic E-state index is 0.00808. The van der Waals surface area contributed by atoms with Gasteiger partial charge < -0.3 is 15.8 Å². The van der Waals surface area contributed by atoms with Gasteiger partial charge >= 0.3 is 5.97 Å². The second kappa shape index (κ2) is 7.54. The number of hydrogen-bond donors (Lipinski definition) is 2. The zero-order valence-electron chi connectivity index (χ0n) is 12.0. The van der Waals surface area contributed by atoms with E-state index in [0.717, 1.165) is 0 Å². The summed E-state index contributed by atoms with van der Waals surface area (Å²) in [6, 6.07) is 3.98. The van der Waals surface area contributed by atoms with E-state index in [1.54, 1.807) is 6.92 Å². The Balaban J connectivity index is 2.23. The summed E-state index contributed by atoms with van der Waals surface area (Å²) >= 11 is 5.72. The molecule has 0 saturated heterocycles. The number of ether oxygens (including phenoxy) is 1. The second-order valence-corrected chi connectivity index (χ2v) is 4.66. The van der Waals surface area contributed by atoms with Crippen LogP contribution in [0.15, 0.2) is 27.8 Å². The van der Waals surface area contributed by atoms with Crippen LogP contribution in [-0.2, 0) is 9.53 Å². The first kappa shape index (κ1) is 16.7. The zero-order chi connectivity index (χ0) is 16.8. The van der Waals surface area contributed by atoms with Gasteiger partial charge in [-0.25, -0.2) is 14.0 Å². The second-order valence-electron chi connectivity index (χ2n) is 4.26. The average Bonchev–Trinajstić information content (AvgIpc) is 2.95. The maximum Gasteiger partial charge on any atom is 0.307 e. The third-order valence-corrected chi connectivity index (χ3v) is 2.95. The van der Waals surface area contributed by atoms with Crippen LogP contribution in [0, 0.1) is 5.82 Å². The van der Waals surface area contributed by atoms with Crippen LogP contribution < -0.4 is 11.1 Å². The Hall–Kier alpha value is -2.68. The lowest BCUT2D eigenvalue weighted by atomic mass is 10.3. The van der Waals surface area contributed by atoms with Gasteiger partial charge in [0.05, 0.1) is 5.02 Å². The molecule has 122 valence electrons. The van der Waals surface area contributed by atoms with Gasteiger partial charge in [-0.2, -0.15) is 0 Å². The first-order valence-electron chi connectivity index (χ1n) is 6.51. The first-order chi connectivity index (χ1) is 11.0. The van der Waals surface area contributed by atoms with Crippen LogP contribution in [0.2, 0.25) is 5.02 Å². The van der Waals surface area contributed by atoms with E-state index in [2.05, 4.69) is 25.3 Å². The fourth-order valence-corrected chi connectivity index (χ4v) is 1.70. The highest BCUT2D eigenvalue weighted by Crippen LogP contribution is 2.20. The van der Waals surface area contributed by atoms with Crippen molar-refractivity contribution in [2.24, 2.45) is 4.99 Å². The molecule has 2 rings (SSSR count). The van der Waals surface area contributed by atoms with Crippen molar-refractivity contribution in [3.05, 3.63) is 34.7 Å². The summed E-state index contributed by atoms with van der Waals surface area (Å²) in [6.45, 7) is 1.40. The molecule has 0 spiro atoms. The predicted molar refractivity (Wildman–Crippen MR) is 81.5 cm³/mol. The molecular formula is C13H13ClFN5O3. The molecule has 1 aromatic heterocycles. The number of aromatic nitrogens is 2. The van der Waals surface area contributed by atoms with E-state index in [9.17, 15) is 9.18 Å². The number of rotatable bonds is 5. The molecule has 3 N–H and O–H groups in total. The number of benzene rings is 1. The van der Waals surface area contributed by atoms with Crippen molar-refractivity contribution >= 4 is 34.9 Å². The SMILES string of the molecule is CCC(=O)OC/N=C(\Nc1ccc(F)c(Cl)c1)c1nonc1N. The third-order valence-electron chi connectivity index (χ3n) is 2.66. The molecule has 0 atom stereocenters. The standard InChI is InChI=1S/C13H13ClFN5O3/c1-2-10(21)22-6-17-13(11-12(16)20-23-19-11)18-7-3-4-9(15)8(14)5-7/h3-5H,2,6H2,1H3,(H2,16,20)(H,17,18). The van der Waals surface area contributed by atoms with E-state index in [1.807, 2.05) is 0 Å².